The van der Waals surface area contributed by atoms with Gasteiger partial charge in [0.15, 0.2) is 11.5 Å². The van der Waals surface area contributed by atoms with Crippen LogP contribution in [0.1, 0.15) is 23.3 Å². The van der Waals surface area contributed by atoms with Crippen LogP contribution in [0.2, 0.25) is 0 Å². The van der Waals surface area contributed by atoms with Gasteiger partial charge in [0, 0.05) is 4.88 Å². The van der Waals surface area contributed by atoms with Crippen LogP contribution in [0.3, 0.4) is 0 Å². The number of ether oxygens (including phenoxy) is 3. The molecule has 0 radical (unpaired) electrons. The van der Waals surface area contributed by atoms with E-state index in [2.05, 4.69) is 4.98 Å². The van der Waals surface area contributed by atoms with E-state index in [0.717, 1.165) is 35.0 Å². The predicted molar refractivity (Wildman–Crippen MR) is 126 cm³/mol. The maximum absolute atomic E-state index is 12.9. The molecule has 2 aromatic carbocycles. The molecule has 0 bridgehead atoms. The molecule has 2 heterocycles. The van der Waals surface area contributed by atoms with Crippen LogP contribution in [-0.2, 0) is 12.8 Å². The van der Waals surface area contributed by atoms with E-state index in [9.17, 15) is 4.79 Å². The van der Waals surface area contributed by atoms with E-state index in [1.54, 1.807) is 18.4 Å². The normalized spacial score (nSPS) is 13.0. The number of fused-ring (bicyclic) bond motifs is 3. The standard InChI is InChI=1S/C25H24N2O4S/c1-29-19-11-5-6-12-20(19)31-15-14-30-18-10-4-2-8-16(18)23-26-24(28)22-17-9-3-7-13-21(17)32-25(22)27-23/h2,4-6,8,10-12H,3,7,9,13-15H2,1H3,(H,26,27,28). The summed E-state index contributed by atoms with van der Waals surface area (Å²) in [6, 6.07) is 15.1. The zero-order chi connectivity index (χ0) is 21.9. The first-order chi connectivity index (χ1) is 15.7. The van der Waals surface area contributed by atoms with E-state index < -0.39 is 0 Å². The van der Waals surface area contributed by atoms with Crippen LogP contribution in [-0.4, -0.2) is 30.3 Å². The molecular formula is C25H24N2O4S. The first-order valence-electron chi connectivity index (χ1n) is 10.8. The summed E-state index contributed by atoms with van der Waals surface area (Å²) >= 11 is 1.65. The number of aromatic amines is 1. The van der Waals surface area contributed by atoms with E-state index in [1.165, 1.54) is 16.9 Å². The number of thiophene rings is 1. The largest absolute Gasteiger partial charge is 0.493 e. The lowest BCUT2D eigenvalue weighted by molar-refractivity contribution is 0.212. The summed E-state index contributed by atoms with van der Waals surface area (Å²) < 4.78 is 17.1. The van der Waals surface area contributed by atoms with Gasteiger partial charge in [0.25, 0.3) is 5.56 Å². The van der Waals surface area contributed by atoms with Crippen LogP contribution in [0.5, 0.6) is 17.2 Å². The molecule has 5 rings (SSSR count). The average Bonchev–Trinajstić information content (AvgIpc) is 3.21. The number of nitrogens with zero attached hydrogens (tertiary/aromatic N) is 1. The van der Waals surface area contributed by atoms with Crippen molar-refractivity contribution >= 4 is 21.6 Å². The molecule has 2 aromatic heterocycles. The first kappa shape index (κ1) is 20.6. The zero-order valence-electron chi connectivity index (χ0n) is 17.8. The Kier molecular flexibility index (Phi) is 5.81. The Labute approximate surface area is 189 Å². The molecule has 7 heteroatoms. The van der Waals surface area contributed by atoms with Crippen LogP contribution < -0.4 is 19.8 Å². The highest BCUT2D eigenvalue weighted by atomic mass is 32.1. The number of aryl methyl sites for hydroxylation is 2. The minimum absolute atomic E-state index is 0.0706. The van der Waals surface area contributed by atoms with E-state index in [4.69, 9.17) is 19.2 Å². The highest BCUT2D eigenvalue weighted by molar-refractivity contribution is 7.18. The van der Waals surface area contributed by atoms with Crippen LogP contribution in [0.25, 0.3) is 21.6 Å². The van der Waals surface area contributed by atoms with Crippen molar-refractivity contribution in [3.8, 4) is 28.6 Å². The van der Waals surface area contributed by atoms with Crippen molar-refractivity contribution in [2.24, 2.45) is 0 Å². The molecule has 0 amide bonds. The number of hydrogen-bond donors (Lipinski definition) is 1. The van der Waals surface area contributed by atoms with Gasteiger partial charge in [0.1, 0.15) is 29.6 Å². The Morgan fingerprint density at radius 1 is 0.938 bits per heavy atom. The van der Waals surface area contributed by atoms with Gasteiger partial charge in [-0.2, -0.15) is 0 Å². The Morgan fingerprint density at radius 2 is 1.62 bits per heavy atom. The second kappa shape index (κ2) is 9.04. The maximum Gasteiger partial charge on any atom is 0.260 e. The van der Waals surface area contributed by atoms with E-state index in [1.807, 2.05) is 48.5 Å². The summed E-state index contributed by atoms with van der Waals surface area (Å²) in [7, 11) is 1.61. The fourth-order valence-corrected chi connectivity index (χ4v) is 5.38. The topological polar surface area (TPSA) is 73.4 Å². The Hall–Kier alpha value is -3.32. The Bertz CT molecular complexity index is 1310. The molecule has 0 aliphatic heterocycles. The first-order valence-corrected chi connectivity index (χ1v) is 11.6. The van der Waals surface area contributed by atoms with E-state index in [-0.39, 0.29) is 5.56 Å². The highest BCUT2D eigenvalue weighted by Crippen LogP contribution is 2.35. The van der Waals surface area contributed by atoms with Gasteiger partial charge in [-0.15, -0.1) is 11.3 Å². The Balaban J connectivity index is 1.36. The van der Waals surface area contributed by atoms with E-state index in [0.29, 0.717) is 36.3 Å². The molecule has 1 aliphatic rings. The van der Waals surface area contributed by atoms with Crippen molar-refractivity contribution < 1.29 is 14.2 Å². The molecule has 0 unspecified atom stereocenters. The molecular weight excluding hydrogens is 424 g/mol. The molecule has 0 atom stereocenters. The fourth-order valence-electron chi connectivity index (χ4n) is 4.12. The molecule has 6 nitrogen and oxygen atoms in total. The number of hydrogen-bond acceptors (Lipinski definition) is 6. The van der Waals surface area contributed by atoms with Crippen LogP contribution in [0.15, 0.2) is 53.3 Å². The summed E-state index contributed by atoms with van der Waals surface area (Å²) in [6.07, 6.45) is 4.31. The van der Waals surface area contributed by atoms with Gasteiger partial charge in [-0.3, -0.25) is 4.79 Å². The minimum atomic E-state index is -0.0706. The number of methoxy groups -OCH3 is 1. The maximum atomic E-state index is 12.9. The number of rotatable bonds is 7. The smallest absolute Gasteiger partial charge is 0.260 e. The SMILES string of the molecule is COc1ccccc1OCCOc1ccccc1-c1nc2sc3c(c2c(=O)[nH]1)CCCC3. The summed E-state index contributed by atoms with van der Waals surface area (Å²) in [5, 5.41) is 0.761. The summed E-state index contributed by atoms with van der Waals surface area (Å²) in [4.78, 5) is 22.8. The van der Waals surface area contributed by atoms with Crippen molar-refractivity contribution in [2.45, 2.75) is 25.7 Å². The van der Waals surface area contributed by atoms with Crippen LogP contribution in [0, 0.1) is 0 Å². The van der Waals surface area contributed by atoms with Gasteiger partial charge < -0.3 is 19.2 Å². The third-order valence-corrected chi connectivity index (χ3v) is 6.82. The Morgan fingerprint density at radius 3 is 2.44 bits per heavy atom. The number of nitrogens with one attached hydrogen (secondary N) is 1. The van der Waals surface area contributed by atoms with Crippen molar-refractivity contribution in [1.29, 1.82) is 0 Å². The van der Waals surface area contributed by atoms with Crippen LogP contribution >= 0.6 is 11.3 Å². The van der Waals surface area contributed by atoms with Gasteiger partial charge >= 0.3 is 0 Å². The second-order valence-electron chi connectivity index (χ2n) is 7.65. The van der Waals surface area contributed by atoms with Gasteiger partial charge in [-0.25, -0.2) is 4.98 Å². The third-order valence-electron chi connectivity index (χ3n) is 5.63. The molecule has 4 aromatic rings. The lowest BCUT2D eigenvalue weighted by Crippen LogP contribution is -2.12. The van der Waals surface area contributed by atoms with Gasteiger partial charge in [0.2, 0.25) is 0 Å². The minimum Gasteiger partial charge on any atom is -0.493 e. The molecule has 1 aliphatic carbocycles. The van der Waals surface area contributed by atoms with Crippen LogP contribution in [0.4, 0.5) is 0 Å². The van der Waals surface area contributed by atoms with Crippen molar-refractivity contribution in [3.63, 3.8) is 0 Å². The number of benzene rings is 2. The number of aromatic nitrogens is 2. The lowest BCUT2D eigenvalue weighted by atomic mass is 9.97. The van der Waals surface area contributed by atoms with Gasteiger partial charge in [-0.05, 0) is 55.5 Å². The van der Waals surface area contributed by atoms with Crippen molar-refractivity contribution in [1.82, 2.24) is 9.97 Å². The fraction of sp³-hybridized carbons (Fsp3) is 0.280. The molecule has 164 valence electrons. The quantitative estimate of drug-likeness (QED) is 0.403. The summed E-state index contributed by atoms with van der Waals surface area (Å²) in [5.41, 5.74) is 1.88. The van der Waals surface area contributed by atoms with Crippen molar-refractivity contribution in [3.05, 3.63) is 69.3 Å². The molecule has 0 saturated heterocycles. The highest BCUT2D eigenvalue weighted by Gasteiger charge is 2.20. The monoisotopic (exact) mass is 448 g/mol. The lowest BCUT2D eigenvalue weighted by Gasteiger charge is -2.13. The van der Waals surface area contributed by atoms with Gasteiger partial charge in [-0.1, -0.05) is 24.3 Å². The molecule has 0 fully saturated rings. The molecule has 32 heavy (non-hydrogen) atoms. The van der Waals surface area contributed by atoms with Gasteiger partial charge in [0.05, 0.1) is 18.1 Å². The summed E-state index contributed by atoms with van der Waals surface area (Å²) in [6.45, 7) is 0.699. The average molecular weight is 449 g/mol. The number of H-pyrrole nitrogens is 1. The predicted octanol–water partition coefficient (Wildman–Crippen LogP) is 5.00. The molecule has 0 saturated carbocycles. The van der Waals surface area contributed by atoms with E-state index >= 15 is 0 Å². The third kappa shape index (κ3) is 3.96. The second-order valence-corrected chi connectivity index (χ2v) is 8.73. The van der Waals surface area contributed by atoms with Crippen molar-refractivity contribution in [2.75, 3.05) is 20.3 Å². The molecule has 1 N–H and O–H groups in total. The summed E-state index contributed by atoms with van der Waals surface area (Å²) in [5.74, 6) is 2.54. The molecule has 0 spiro atoms. The number of para-hydroxylation sites is 3. The zero-order valence-corrected chi connectivity index (χ0v) is 18.7.